The fraction of sp³-hybridized carbons (Fsp3) is 0.143. The molecule has 1 N–H and O–H groups in total. The van der Waals surface area contributed by atoms with Gasteiger partial charge in [-0.2, -0.15) is 4.68 Å². The molecule has 0 saturated carbocycles. The third kappa shape index (κ3) is 4.41. The molecule has 0 saturated heterocycles. The highest BCUT2D eigenvalue weighted by Gasteiger charge is 2.17. The summed E-state index contributed by atoms with van der Waals surface area (Å²) < 4.78 is 15.0. The van der Waals surface area contributed by atoms with Crippen LogP contribution < -0.4 is 5.32 Å². The van der Waals surface area contributed by atoms with E-state index in [1.54, 1.807) is 49.8 Å². The number of aryl methyl sites for hydroxylation is 1. The molecule has 2 aromatic carbocycles. The molecule has 8 nitrogen and oxygen atoms in total. The van der Waals surface area contributed by atoms with Crippen molar-refractivity contribution < 1.29 is 9.18 Å². The summed E-state index contributed by atoms with van der Waals surface area (Å²) in [4.78, 5) is 21.3. The number of aromatic nitrogens is 6. The summed E-state index contributed by atoms with van der Waals surface area (Å²) in [5.74, 6) is -0.233. The maximum atomic E-state index is 13.5. The van der Waals surface area contributed by atoms with Crippen LogP contribution in [0.1, 0.15) is 34.8 Å². The Labute approximate surface area is 182 Å². The third-order valence-corrected chi connectivity index (χ3v) is 4.98. The minimum atomic E-state index is -0.447. The van der Waals surface area contributed by atoms with Crippen LogP contribution in [0.3, 0.4) is 0 Å². The first-order valence-electron chi connectivity index (χ1n) is 9.35. The molecule has 1 unspecified atom stereocenters. The molecule has 156 valence electrons. The maximum absolute atomic E-state index is 13.5. The summed E-state index contributed by atoms with van der Waals surface area (Å²) in [5, 5.41) is 14.7. The highest BCUT2D eigenvalue weighted by atomic mass is 35.5. The van der Waals surface area contributed by atoms with E-state index in [-0.39, 0.29) is 17.0 Å². The van der Waals surface area contributed by atoms with Crippen LogP contribution >= 0.6 is 11.6 Å². The number of benzene rings is 2. The Bertz CT molecular complexity index is 1250. The maximum Gasteiger partial charge on any atom is 0.251 e. The summed E-state index contributed by atoms with van der Waals surface area (Å²) in [6.45, 7) is 3.56. The number of nitrogens with zero attached hydrogens (tertiary/aromatic N) is 6. The lowest BCUT2D eigenvalue weighted by molar-refractivity contribution is 0.0939. The Balaban J connectivity index is 1.76. The van der Waals surface area contributed by atoms with Crippen LogP contribution in [0.4, 0.5) is 4.39 Å². The largest absolute Gasteiger partial charge is 0.344 e. The fourth-order valence-corrected chi connectivity index (χ4v) is 3.38. The van der Waals surface area contributed by atoms with Gasteiger partial charge in [0.25, 0.3) is 5.91 Å². The lowest BCUT2D eigenvalue weighted by Crippen LogP contribution is -2.27. The zero-order valence-corrected chi connectivity index (χ0v) is 17.4. The topological polar surface area (TPSA) is 98.5 Å². The molecule has 2 heterocycles. The normalized spacial score (nSPS) is 11.9. The Morgan fingerprint density at radius 2 is 2.03 bits per heavy atom. The van der Waals surface area contributed by atoms with Crippen LogP contribution in [0.25, 0.3) is 16.8 Å². The third-order valence-electron chi connectivity index (χ3n) is 4.67. The van der Waals surface area contributed by atoms with Gasteiger partial charge in [0.05, 0.1) is 28.6 Å². The highest BCUT2D eigenvalue weighted by Crippen LogP contribution is 2.31. The average Bonchev–Trinajstić information content (AvgIpc) is 3.20. The van der Waals surface area contributed by atoms with Crippen LogP contribution in [0.5, 0.6) is 0 Å². The van der Waals surface area contributed by atoms with Crippen molar-refractivity contribution in [2.24, 2.45) is 0 Å². The number of tetrazole rings is 1. The molecule has 1 atom stereocenters. The van der Waals surface area contributed by atoms with Crippen molar-refractivity contribution in [2.75, 3.05) is 0 Å². The second-order valence-electron chi connectivity index (χ2n) is 6.86. The second kappa shape index (κ2) is 8.57. The lowest BCUT2D eigenvalue weighted by atomic mass is 10.0. The van der Waals surface area contributed by atoms with Crippen LogP contribution in [-0.4, -0.2) is 36.1 Å². The molecule has 2 aromatic heterocycles. The van der Waals surface area contributed by atoms with Crippen molar-refractivity contribution in [1.29, 1.82) is 0 Å². The van der Waals surface area contributed by atoms with Gasteiger partial charge < -0.3 is 5.32 Å². The molecule has 0 radical (unpaired) electrons. The van der Waals surface area contributed by atoms with Gasteiger partial charge in [0, 0.05) is 23.5 Å². The minimum Gasteiger partial charge on any atom is -0.344 e. The molecule has 0 spiro atoms. The predicted octanol–water partition coefficient (Wildman–Crippen LogP) is 3.71. The van der Waals surface area contributed by atoms with Gasteiger partial charge in [0.1, 0.15) is 5.82 Å². The number of nitrogens with one attached hydrogen (secondary N) is 1. The van der Waals surface area contributed by atoms with Gasteiger partial charge in [-0.05, 0) is 66.2 Å². The lowest BCUT2D eigenvalue weighted by Gasteiger charge is -2.15. The van der Waals surface area contributed by atoms with Crippen LogP contribution in [0.15, 0.2) is 55.0 Å². The zero-order chi connectivity index (χ0) is 22.0. The summed E-state index contributed by atoms with van der Waals surface area (Å²) >= 11 is 6.27. The summed E-state index contributed by atoms with van der Waals surface area (Å²) in [6.07, 6.45) is 4.72. The van der Waals surface area contributed by atoms with Gasteiger partial charge in [0.2, 0.25) is 0 Å². The van der Waals surface area contributed by atoms with Crippen LogP contribution in [0, 0.1) is 12.7 Å². The molecule has 4 rings (SSSR count). The summed E-state index contributed by atoms with van der Waals surface area (Å²) in [6, 6.07) is 8.87. The molecule has 31 heavy (non-hydrogen) atoms. The van der Waals surface area contributed by atoms with Gasteiger partial charge in [0.15, 0.2) is 5.82 Å². The van der Waals surface area contributed by atoms with Crippen molar-refractivity contribution in [1.82, 2.24) is 35.5 Å². The smallest absolute Gasteiger partial charge is 0.251 e. The zero-order valence-electron chi connectivity index (χ0n) is 16.6. The molecular formula is C21H17ClFN7O. The Morgan fingerprint density at radius 1 is 1.19 bits per heavy atom. The highest BCUT2D eigenvalue weighted by molar-refractivity contribution is 6.33. The standard InChI is InChI=1S/C21H17ClFN7O/c1-12(20-11-24-5-6-25-20)26-21(31)15-7-14(18-4-3-16(23)10-19(18)22)8-17(9-15)30-13(2)27-28-29-30/h3-12H,1-2H3,(H,26,31). The number of halogens is 2. The van der Waals surface area contributed by atoms with E-state index in [1.807, 2.05) is 6.92 Å². The molecule has 10 heteroatoms. The van der Waals surface area contributed by atoms with Gasteiger partial charge >= 0.3 is 0 Å². The number of amides is 1. The number of hydrogen-bond acceptors (Lipinski definition) is 6. The van der Waals surface area contributed by atoms with Crippen molar-refractivity contribution in [2.45, 2.75) is 19.9 Å². The molecule has 0 aliphatic heterocycles. The first-order valence-corrected chi connectivity index (χ1v) is 9.73. The molecule has 0 bridgehead atoms. The number of rotatable bonds is 5. The van der Waals surface area contributed by atoms with E-state index in [0.29, 0.717) is 33.9 Å². The Morgan fingerprint density at radius 3 is 2.71 bits per heavy atom. The first kappa shape index (κ1) is 20.5. The molecule has 0 fully saturated rings. The average molecular weight is 438 g/mol. The predicted molar refractivity (Wildman–Crippen MR) is 112 cm³/mol. The van der Waals surface area contributed by atoms with Gasteiger partial charge in [-0.25, -0.2) is 4.39 Å². The van der Waals surface area contributed by atoms with Crippen molar-refractivity contribution >= 4 is 17.5 Å². The fourth-order valence-electron chi connectivity index (χ4n) is 3.10. The summed E-state index contributed by atoms with van der Waals surface area (Å²) in [5.41, 5.74) is 2.75. The SMILES string of the molecule is Cc1nnnn1-c1cc(C(=O)NC(C)c2cnccn2)cc(-c2ccc(F)cc2Cl)c1. The van der Waals surface area contributed by atoms with Crippen molar-refractivity contribution in [3.8, 4) is 16.8 Å². The Kier molecular flexibility index (Phi) is 5.68. The summed E-state index contributed by atoms with van der Waals surface area (Å²) in [7, 11) is 0. The van der Waals surface area contributed by atoms with Gasteiger partial charge in [-0.3, -0.25) is 14.8 Å². The molecule has 1 amide bonds. The van der Waals surface area contributed by atoms with Gasteiger partial charge in [-0.1, -0.05) is 11.6 Å². The second-order valence-corrected chi connectivity index (χ2v) is 7.26. The quantitative estimate of drug-likeness (QED) is 0.511. The first-order chi connectivity index (χ1) is 14.9. The number of hydrogen-bond donors (Lipinski definition) is 1. The van der Waals surface area contributed by atoms with Crippen molar-refractivity contribution in [3.05, 3.63) is 82.9 Å². The van der Waals surface area contributed by atoms with E-state index < -0.39 is 5.82 Å². The van der Waals surface area contributed by atoms with E-state index >= 15 is 0 Å². The van der Waals surface area contributed by atoms with E-state index in [1.165, 1.54) is 16.8 Å². The number of carbonyl (C=O) groups is 1. The van der Waals surface area contributed by atoms with Crippen molar-refractivity contribution in [3.63, 3.8) is 0 Å². The van der Waals surface area contributed by atoms with E-state index in [4.69, 9.17) is 11.6 Å². The number of carbonyl (C=O) groups excluding carboxylic acids is 1. The van der Waals surface area contributed by atoms with Crippen LogP contribution in [-0.2, 0) is 0 Å². The monoisotopic (exact) mass is 437 g/mol. The molecular weight excluding hydrogens is 421 g/mol. The van der Waals surface area contributed by atoms with E-state index in [2.05, 4.69) is 30.8 Å². The molecule has 0 aliphatic rings. The van der Waals surface area contributed by atoms with E-state index in [0.717, 1.165) is 0 Å². The molecule has 4 aromatic rings. The van der Waals surface area contributed by atoms with E-state index in [9.17, 15) is 9.18 Å². The van der Waals surface area contributed by atoms with Crippen LogP contribution in [0.2, 0.25) is 5.02 Å². The molecule has 0 aliphatic carbocycles. The Hall–Kier alpha value is -3.72. The minimum absolute atomic E-state index is 0.227. The van der Waals surface area contributed by atoms with Gasteiger partial charge in [-0.15, -0.1) is 5.10 Å².